The number of aromatic nitrogens is 2. The van der Waals surface area contributed by atoms with Gasteiger partial charge in [0, 0.05) is 11.8 Å². The van der Waals surface area contributed by atoms with Crippen molar-refractivity contribution in [1.29, 1.82) is 0 Å². The molecule has 1 aliphatic rings. The van der Waals surface area contributed by atoms with Crippen molar-refractivity contribution in [1.82, 2.24) is 9.97 Å². The van der Waals surface area contributed by atoms with Gasteiger partial charge in [-0.25, -0.2) is 0 Å². The van der Waals surface area contributed by atoms with Crippen molar-refractivity contribution in [2.24, 2.45) is 0 Å². The first-order chi connectivity index (χ1) is 11.9. The number of hydrogen-bond donors (Lipinski definition) is 1. The number of aryl methyl sites for hydroxylation is 1. The molecular weight excluding hydrogens is 316 g/mol. The SMILES string of the molecule is CCCc1c(C)cnc2c1C(=O)c1c([nH]c(=O)c(C)c1CCC)C2=O. The summed E-state index contributed by atoms with van der Waals surface area (Å²) in [6.45, 7) is 7.65. The van der Waals surface area contributed by atoms with Crippen molar-refractivity contribution in [3.05, 3.63) is 61.3 Å². The van der Waals surface area contributed by atoms with Gasteiger partial charge in [0.05, 0.1) is 11.1 Å². The molecule has 25 heavy (non-hydrogen) atoms. The molecule has 5 nitrogen and oxygen atoms in total. The zero-order valence-corrected chi connectivity index (χ0v) is 15.1. The molecule has 0 radical (unpaired) electrons. The minimum absolute atomic E-state index is 0.0929. The molecule has 0 aliphatic heterocycles. The molecule has 5 heteroatoms. The van der Waals surface area contributed by atoms with Crippen molar-refractivity contribution in [2.45, 2.75) is 53.4 Å². The average Bonchev–Trinajstić information content (AvgIpc) is 2.58. The highest BCUT2D eigenvalue weighted by Gasteiger charge is 2.36. The molecule has 2 aromatic heterocycles. The van der Waals surface area contributed by atoms with Crippen molar-refractivity contribution < 1.29 is 9.59 Å². The number of carbonyl (C=O) groups is 2. The molecule has 3 rings (SSSR count). The van der Waals surface area contributed by atoms with Gasteiger partial charge < -0.3 is 4.98 Å². The Labute approximate surface area is 146 Å². The van der Waals surface area contributed by atoms with Crippen LogP contribution in [-0.2, 0) is 12.8 Å². The normalized spacial score (nSPS) is 13.0. The summed E-state index contributed by atoms with van der Waals surface area (Å²) in [6.07, 6.45) is 4.61. The summed E-state index contributed by atoms with van der Waals surface area (Å²) in [5.41, 5.74) is 3.74. The first-order valence-electron chi connectivity index (χ1n) is 8.75. The van der Waals surface area contributed by atoms with E-state index in [4.69, 9.17) is 0 Å². The predicted molar refractivity (Wildman–Crippen MR) is 95.6 cm³/mol. The number of H-pyrrole nitrogens is 1. The van der Waals surface area contributed by atoms with E-state index in [1.165, 1.54) is 0 Å². The number of carbonyl (C=O) groups excluding carboxylic acids is 2. The molecule has 0 saturated heterocycles. The number of nitrogens with zero attached hydrogens (tertiary/aromatic N) is 1. The minimum atomic E-state index is -0.364. The Bertz CT molecular complexity index is 954. The molecule has 0 atom stereocenters. The zero-order chi connectivity index (χ0) is 18.3. The van der Waals surface area contributed by atoms with Crippen LogP contribution in [0.1, 0.15) is 81.0 Å². The molecule has 0 unspecified atom stereocenters. The lowest BCUT2D eigenvalue weighted by molar-refractivity contribution is 0.0969. The highest BCUT2D eigenvalue weighted by molar-refractivity contribution is 6.28. The molecule has 0 saturated carbocycles. The van der Waals surface area contributed by atoms with Crippen LogP contribution in [0.4, 0.5) is 0 Å². The lowest BCUT2D eigenvalue weighted by Gasteiger charge is -2.23. The highest BCUT2D eigenvalue weighted by Crippen LogP contribution is 2.32. The van der Waals surface area contributed by atoms with Crippen LogP contribution in [0, 0.1) is 13.8 Å². The van der Waals surface area contributed by atoms with E-state index in [9.17, 15) is 14.4 Å². The highest BCUT2D eigenvalue weighted by atomic mass is 16.1. The van der Waals surface area contributed by atoms with Crippen LogP contribution in [0.2, 0.25) is 0 Å². The molecule has 1 N–H and O–H groups in total. The van der Waals surface area contributed by atoms with E-state index in [1.54, 1.807) is 13.1 Å². The smallest absolute Gasteiger partial charge is 0.251 e. The third-order valence-corrected chi connectivity index (χ3v) is 4.88. The Morgan fingerprint density at radius 1 is 0.920 bits per heavy atom. The van der Waals surface area contributed by atoms with Crippen LogP contribution < -0.4 is 5.56 Å². The number of aromatic amines is 1. The molecule has 0 aromatic carbocycles. The van der Waals surface area contributed by atoms with Gasteiger partial charge in [-0.05, 0) is 43.4 Å². The Kier molecular flexibility index (Phi) is 4.41. The second kappa shape index (κ2) is 6.39. The number of rotatable bonds is 4. The fraction of sp³-hybridized carbons (Fsp3) is 0.400. The maximum Gasteiger partial charge on any atom is 0.251 e. The van der Waals surface area contributed by atoms with Gasteiger partial charge in [-0.2, -0.15) is 0 Å². The molecular formula is C20H22N2O3. The number of hydrogen-bond acceptors (Lipinski definition) is 4. The summed E-state index contributed by atoms with van der Waals surface area (Å²) in [6, 6.07) is 0. The van der Waals surface area contributed by atoms with Gasteiger partial charge in [0.2, 0.25) is 5.78 Å². The van der Waals surface area contributed by atoms with Gasteiger partial charge in [0.25, 0.3) is 5.56 Å². The fourth-order valence-electron chi connectivity index (χ4n) is 3.60. The van der Waals surface area contributed by atoms with Crippen LogP contribution in [-0.4, -0.2) is 21.5 Å². The lowest BCUT2D eigenvalue weighted by atomic mass is 9.81. The van der Waals surface area contributed by atoms with E-state index in [2.05, 4.69) is 9.97 Å². The van der Waals surface area contributed by atoms with Crippen LogP contribution >= 0.6 is 0 Å². The summed E-state index contributed by atoms with van der Waals surface area (Å²) < 4.78 is 0. The molecule has 0 spiro atoms. The van der Waals surface area contributed by atoms with Crippen LogP contribution in [0.25, 0.3) is 0 Å². The monoisotopic (exact) mass is 338 g/mol. The summed E-state index contributed by atoms with van der Waals surface area (Å²) in [7, 11) is 0. The van der Waals surface area contributed by atoms with Crippen molar-refractivity contribution in [3.63, 3.8) is 0 Å². The Morgan fingerprint density at radius 2 is 1.56 bits per heavy atom. The first-order valence-corrected chi connectivity index (χ1v) is 8.75. The second-order valence-corrected chi connectivity index (χ2v) is 6.61. The van der Waals surface area contributed by atoms with Gasteiger partial charge in [-0.15, -0.1) is 0 Å². The fourth-order valence-corrected chi connectivity index (χ4v) is 3.60. The number of ketones is 2. The van der Waals surface area contributed by atoms with E-state index >= 15 is 0 Å². The molecule has 0 amide bonds. The quantitative estimate of drug-likeness (QED) is 0.793. The zero-order valence-electron chi connectivity index (χ0n) is 15.1. The van der Waals surface area contributed by atoms with Crippen LogP contribution in [0.5, 0.6) is 0 Å². The largest absolute Gasteiger partial charge is 0.318 e. The van der Waals surface area contributed by atoms with Crippen LogP contribution in [0.3, 0.4) is 0 Å². The second-order valence-electron chi connectivity index (χ2n) is 6.61. The minimum Gasteiger partial charge on any atom is -0.318 e. The maximum absolute atomic E-state index is 13.3. The van der Waals surface area contributed by atoms with E-state index in [0.717, 1.165) is 30.4 Å². The van der Waals surface area contributed by atoms with Crippen LogP contribution in [0.15, 0.2) is 11.0 Å². The van der Waals surface area contributed by atoms with Gasteiger partial charge in [-0.1, -0.05) is 26.7 Å². The van der Waals surface area contributed by atoms with Gasteiger partial charge in [0.15, 0.2) is 5.78 Å². The summed E-state index contributed by atoms with van der Waals surface area (Å²) in [5, 5.41) is 0. The third kappa shape index (κ3) is 2.54. The molecule has 130 valence electrons. The van der Waals surface area contributed by atoms with E-state index in [1.807, 2.05) is 20.8 Å². The molecule has 2 aromatic rings. The Hall–Kier alpha value is -2.56. The summed E-state index contributed by atoms with van der Waals surface area (Å²) in [5.74, 6) is -0.552. The number of pyridine rings is 2. The van der Waals surface area contributed by atoms with E-state index in [-0.39, 0.29) is 28.5 Å². The Balaban J connectivity index is 2.37. The van der Waals surface area contributed by atoms with Crippen molar-refractivity contribution in [3.8, 4) is 0 Å². The summed E-state index contributed by atoms with van der Waals surface area (Å²) >= 11 is 0. The lowest BCUT2D eigenvalue weighted by Crippen LogP contribution is -2.31. The molecule has 0 fully saturated rings. The summed E-state index contributed by atoms with van der Waals surface area (Å²) in [4.78, 5) is 45.4. The van der Waals surface area contributed by atoms with Gasteiger partial charge in [-0.3, -0.25) is 19.4 Å². The first kappa shape index (κ1) is 17.3. The van der Waals surface area contributed by atoms with Gasteiger partial charge in [0.1, 0.15) is 11.4 Å². The number of nitrogens with one attached hydrogen (secondary N) is 1. The molecule has 1 aliphatic carbocycles. The maximum atomic E-state index is 13.3. The van der Waals surface area contributed by atoms with Gasteiger partial charge >= 0.3 is 0 Å². The van der Waals surface area contributed by atoms with E-state index < -0.39 is 0 Å². The topological polar surface area (TPSA) is 79.9 Å². The van der Waals surface area contributed by atoms with E-state index in [0.29, 0.717) is 28.7 Å². The molecule has 0 bridgehead atoms. The third-order valence-electron chi connectivity index (χ3n) is 4.88. The predicted octanol–water partition coefficient (Wildman–Crippen LogP) is 3.07. The van der Waals surface area contributed by atoms with Crippen molar-refractivity contribution in [2.75, 3.05) is 0 Å². The molecule has 2 heterocycles. The Morgan fingerprint density at radius 3 is 2.20 bits per heavy atom. The number of fused-ring (bicyclic) bond motifs is 2. The standard InChI is InChI=1S/C20H22N2O3/c1-5-7-12-10(3)9-21-16-14(12)18(23)15-13(8-6-2)11(4)20(25)22-17(15)19(16)24/h9H,5-8H2,1-4H3,(H,22,25). The average molecular weight is 338 g/mol. The van der Waals surface area contributed by atoms with Crippen molar-refractivity contribution >= 4 is 11.6 Å².